The molecule has 0 spiro atoms. The highest BCUT2D eigenvalue weighted by Crippen LogP contribution is 2.41. The summed E-state index contributed by atoms with van der Waals surface area (Å²) in [4.78, 5) is 35.9. The number of amides is 1. The van der Waals surface area contributed by atoms with Crippen LogP contribution in [0.25, 0.3) is 5.69 Å². The largest absolute Gasteiger partial charge is 0.478 e. The number of ether oxygens (including phenoxy) is 1. The van der Waals surface area contributed by atoms with Crippen LogP contribution in [0.4, 0.5) is 5.69 Å². The monoisotopic (exact) mass is 390 g/mol. The van der Waals surface area contributed by atoms with Crippen molar-refractivity contribution in [1.82, 2.24) is 4.57 Å². The number of hydrogen-bond donors (Lipinski definition) is 2. The molecule has 4 rings (SSSR count). The zero-order valence-electron chi connectivity index (χ0n) is 15.6. The Hall–Kier alpha value is -3.87. The lowest BCUT2D eigenvalue weighted by atomic mass is 9.87. The third kappa shape index (κ3) is 3.27. The minimum atomic E-state index is -1.11. The van der Waals surface area contributed by atoms with Crippen LogP contribution in [0.3, 0.4) is 0 Å². The number of aromatic carboxylic acids is 1. The minimum Gasteiger partial charge on any atom is -0.478 e. The molecule has 3 aromatic rings. The highest BCUT2D eigenvalue weighted by Gasteiger charge is 2.34. The smallest absolute Gasteiger partial charge is 0.339 e. The van der Waals surface area contributed by atoms with Gasteiger partial charge in [0.25, 0.3) is 0 Å². The van der Waals surface area contributed by atoms with Gasteiger partial charge in [-0.05, 0) is 29.8 Å². The molecule has 0 saturated carbocycles. The van der Waals surface area contributed by atoms with Crippen LogP contribution >= 0.6 is 0 Å². The number of carboxylic acid groups (broad SMARTS) is 1. The van der Waals surface area contributed by atoms with Crippen LogP contribution < -0.4 is 5.32 Å². The Balaban J connectivity index is 1.88. The van der Waals surface area contributed by atoms with Gasteiger partial charge in [0.2, 0.25) is 5.91 Å². The van der Waals surface area contributed by atoms with Crippen molar-refractivity contribution in [2.24, 2.45) is 0 Å². The number of carbonyl (C=O) groups is 3. The van der Waals surface area contributed by atoms with E-state index in [0.717, 1.165) is 11.3 Å². The SMILES string of the molecule is COC(=O)c1ccc(C2CC(=O)Nc3c(C(=O)O)cn(-c4ccccc4)c32)cc1. The number of para-hydroxylation sites is 1. The molecule has 1 aliphatic heterocycles. The van der Waals surface area contributed by atoms with Crippen molar-refractivity contribution in [2.75, 3.05) is 12.4 Å². The van der Waals surface area contributed by atoms with E-state index in [1.54, 1.807) is 28.8 Å². The number of fused-ring (bicyclic) bond motifs is 1. The van der Waals surface area contributed by atoms with E-state index < -0.39 is 11.9 Å². The van der Waals surface area contributed by atoms with Crippen molar-refractivity contribution in [2.45, 2.75) is 12.3 Å². The number of nitrogens with one attached hydrogen (secondary N) is 1. The zero-order valence-corrected chi connectivity index (χ0v) is 15.6. The summed E-state index contributed by atoms with van der Waals surface area (Å²) in [5.74, 6) is -2.18. The Morgan fingerprint density at radius 1 is 1.10 bits per heavy atom. The molecule has 2 heterocycles. The second-order valence-corrected chi connectivity index (χ2v) is 6.73. The van der Waals surface area contributed by atoms with Gasteiger partial charge in [-0.1, -0.05) is 30.3 Å². The number of esters is 1. The average Bonchev–Trinajstić information content (AvgIpc) is 3.13. The van der Waals surface area contributed by atoms with Crippen molar-refractivity contribution >= 4 is 23.5 Å². The molecule has 7 heteroatoms. The molecule has 0 fully saturated rings. The van der Waals surface area contributed by atoms with Crippen molar-refractivity contribution in [1.29, 1.82) is 0 Å². The van der Waals surface area contributed by atoms with Gasteiger partial charge in [-0.15, -0.1) is 0 Å². The summed E-state index contributed by atoms with van der Waals surface area (Å²) in [6.07, 6.45) is 1.70. The lowest BCUT2D eigenvalue weighted by Gasteiger charge is -2.26. The maximum Gasteiger partial charge on any atom is 0.339 e. The van der Waals surface area contributed by atoms with Crippen molar-refractivity contribution in [3.63, 3.8) is 0 Å². The van der Waals surface area contributed by atoms with Gasteiger partial charge in [-0.3, -0.25) is 4.79 Å². The molecule has 0 saturated heterocycles. The van der Waals surface area contributed by atoms with E-state index in [4.69, 9.17) is 4.74 Å². The molecular formula is C22H18N2O5. The second-order valence-electron chi connectivity index (χ2n) is 6.73. The second kappa shape index (κ2) is 7.27. The van der Waals surface area contributed by atoms with E-state index in [0.29, 0.717) is 16.9 Å². The van der Waals surface area contributed by atoms with Gasteiger partial charge in [0.15, 0.2) is 0 Å². The standard InChI is InChI=1S/C22H18N2O5/c1-29-22(28)14-9-7-13(8-10-14)16-11-18(25)23-19-17(21(26)27)12-24(20(16)19)15-5-3-2-4-6-15/h2-10,12,16H,11H2,1H3,(H,23,25)(H,26,27). The summed E-state index contributed by atoms with van der Waals surface area (Å²) in [5, 5.41) is 12.4. The summed E-state index contributed by atoms with van der Waals surface area (Å²) in [6.45, 7) is 0. The lowest BCUT2D eigenvalue weighted by Crippen LogP contribution is -2.25. The molecular weight excluding hydrogens is 372 g/mol. The summed E-state index contributed by atoms with van der Waals surface area (Å²) >= 11 is 0. The number of nitrogens with zero attached hydrogens (tertiary/aromatic N) is 1. The van der Waals surface area contributed by atoms with Crippen LogP contribution in [0.2, 0.25) is 0 Å². The normalized spacial score (nSPS) is 15.3. The first kappa shape index (κ1) is 18.5. The van der Waals surface area contributed by atoms with Gasteiger partial charge in [-0.25, -0.2) is 9.59 Å². The van der Waals surface area contributed by atoms with Crippen molar-refractivity contribution in [3.8, 4) is 5.69 Å². The number of anilines is 1. The van der Waals surface area contributed by atoms with Gasteiger partial charge in [0, 0.05) is 24.2 Å². The maximum atomic E-state index is 12.4. The quantitative estimate of drug-likeness (QED) is 0.665. The van der Waals surface area contributed by atoms with E-state index in [1.807, 2.05) is 30.3 Å². The predicted octanol–water partition coefficient (Wildman–Crippen LogP) is 3.44. The summed E-state index contributed by atoms with van der Waals surface area (Å²) < 4.78 is 6.53. The summed E-state index contributed by atoms with van der Waals surface area (Å²) in [7, 11) is 1.31. The van der Waals surface area contributed by atoms with Gasteiger partial charge >= 0.3 is 11.9 Å². The molecule has 0 radical (unpaired) electrons. The molecule has 7 nitrogen and oxygen atoms in total. The van der Waals surface area contributed by atoms with E-state index in [2.05, 4.69) is 5.32 Å². The first-order valence-corrected chi connectivity index (χ1v) is 9.01. The molecule has 146 valence electrons. The maximum absolute atomic E-state index is 12.4. The van der Waals surface area contributed by atoms with Crippen molar-refractivity contribution < 1.29 is 24.2 Å². The Morgan fingerprint density at radius 2 is 1.79 bits per heavy atom. The Labute approximate surface area is 166 Å². The Bertz CT molecular complexity index is 1100. The van der Waals surface area contributed by atoms with Gasteiger partial charge < -0.3 is 19.7 Å². The number of rotatable bonds is 4. The van der Waals surface area contributed by atoms with Crippen LogP contribution in [0, 0.1) is 0 Å². The fourth-order valence-corrected chi connectivity index (χ4v) is 3.68. The number of carboxylic acids is 1. The number of aromatic nitrogens is 1. The molecule has 2 N–H and O–H groups in total. The van der Waals surface area contributed by atoms with Crippen LogP contribution in [0.5, 0.6) is 0 Å². The highest BCUT2D eigenvalue weighted by molar-refractivity contribution is 6.04. The number of methoxy groups -OCH3 is 1. The van der Waals surface area contributed by atoms with E-state index in [1.165, 1.54) is 13.3 Å². The molecule has 1 aromatic heterocycles. The summed E-state index contributed by atoms with van der Waals surface area (Å²) in [5.41, 5.74) is 3.04. The molecule has 0 bridgehead atoms. The van der Waals surface area contributed by atoms with Gasteiger partial charge in [-0.2, -0.15) is 0 Å². The van der Waals surface area contributed by atoms with E-state index in [-0.39, 0.29) is 23.8 Å². The number of hydrogen-bond acceptors (Lipinski definition) is 4. The van der Waals surface area contributed by atoms with Gasteiger partial charge in [0.05, 0.1) is 24.1 Å². The third-order valence-electron chi connectivity index (χ3n) is 5.03. The molecule has 1 aliphatic rings. The molecule has 1 unspecified atom stereocenters. The minimum absolute atomic E-state index is 0.0353. The average molecular weight is 390 g/mol. The molecule has 1 atom stereocenters. The zero-order chi connectivity index (χ0) is 20.5. The molecule has 1 amide bonds. The number of carbonyl (C=O) groups excluding carboxylic acids is 2. The van der Waals surface area contributed by atoms with Gasteiger partial charge in [0.1, 0.15) is 5.56 Å². The fraction of sp³-hybridized carbons (Fsp3) is 0.136. The predicted molar refractivity (Wildman–Crippen MR) is 106 cm³/mol. The molecule has 2 aromatic carbocycles. The van der Waals surface area contributed by atoms with E-state index in [9.17, 15) is 19.5 Å². The Kier molecular flexibility index (Phi) is 4.64. The highest BCUT2D eigenvalue weighted by atomic mass is 16.5. The number of benzene rings is 2. The topological polar surface area (TPSA) is 97.6 Å². The Morgan fingerprint density at radius 3 is 2.41 bits per heavy atom. The molecule has 0 aliphatic carbocycles. The van der Waals surface area contributed by atoms with Crippen molar-refractivity contribution in [3.05, 3.63) is 83.2 Å². The van der Waals surface area contributed by atoms with Crippen LogP contribution in [-0.2, 0) is 9.53 Å². The fourth-order valence-electron chi connectivity index (χ4n) is 3.68. The lowest BCUT2D eigenvalue weighted by molar-refractivity contribution is -0.116. The first-order valence-electron chi connectivity index (χ1n) is 9.01. The third-order valence-corrected chi connectivity index (χ3v) is 5.03. The first-order chi connectivity index (χ1) is 14.0. The summed E-state index contributed by atoms with van der Waals surface area (Å²) in [6, 6.07) is 16.2. The molecule has 29 heavy (non-hydrogen) atoms. The van der Waals surface area contributed by atoms with Crippen LogP contribution in [0.15, 0.2) is 60.8 Å². The van der Waals surface area contributed by atoms with E-state index >= 15 is 0 Å². The van der Waals surface area contributed by atoms with Crippen LogP contribution in [-0.4, -0.2) is 34.6 Å². The van der Waals surface area contributed by atoms with Crippen LogP contribution in [0.1, 0.15) is 44.3 Å².